The molecule has 1 atom stereocenters. The van der Waals surface area contributed by atoms with Crippen LogP contribution in [0.25, 0.3) is 0 Å². The summed E-state index contributed by atoms with van der Waals surface area (Å²) < 4.78 is 5.53. The normalized spacial score (nSPS) is 19.1. The first-order chi connectivity index (χ1) is 11.0. The molecule has 0 spiro atoms. The molecular formula is C18H27ClN4O. The van der Waals surface area contributed by atoms with Crippen molar-refractivity contribution >= 4 is 12.4 Å². The van der Waals surface area contributed by atoms with E-state index in [0.29, 0.717) is 5.89 Å². The van der Waals surface area contributed by atoms with Gasteiger partial charge in [0.2, 0.25) is 5.89 Å². The molecule has 2 heterocycles. The van der Waals surface area contributed by atoms with Gasteiger partial charge in [-0.25, -0.2) is 0 Å². The summed E-state index contributed by atoms with van der Waals surface area (Å²) in [5.41, 5.74) is 2.53. The number of nitrogens with zero attached hydrogens (tertiary/aromatic N) is 3. The highest BCUT2D eigenvalue weighted by Crippen LogP contribution is 2.28. The zero-order valence-electron chi connectivity index (χ0n) is 14.9. The van der Waals surface area contributed by atoms with E-state index < -0.39 is 0 Å². The Bertz CT molecular complexity index is 653. The van der Waals surface area contributed by atoms with Crippen LogP contribution in [0.1, 0.15) is 42.7 Å². The Balaban J connectivity index is 0.00000208. The van der Waals surface area contributed by atoms with E-state index in [1.807, 2.05) is 0 Å². The maximum Gasteiger partial charge on any atom is 0.227 e. The largest absolute Gasteiger partial charge is 0.339 e. The molecule has 1 aromatic carbocycles. The number of benzene rings is 1. The SMILES string of the molecule is Cc1ccc(C(C)(C)Cc2nc(C3CNCCN3C)no2)cc1.Cl. The first kappa shape index (κ1) is 18.9. The Morgan fingerprint density at radius 1 is 1.29 bits per heavy atom. The molecule has 5 nitrogen and oxygen atoms in total. The van der Waals surface area contributed by atoms with Crippen LogP contribution in [0.2, 0.25) is 0 Å². The molecule has 0 bridgehead atoms. The molecular weight excluding hydrogens is 324 g/mol. The fraction of sp³-hybridized carbons (Fsp3) is 0.556. The Morgan fingerprint density at radius 3 is 2.67 bits per heavy atom. The fourth-order valence-electron chi connectivity index (χ4n) is 3.05. The van der Waals surface area contributed by atoms with Crippen molar-refractivity contribution in [2.75, 3.05) is 26.7 Å². The van der Waals surface area contributed by atoms with Gasteiger partial charge in [0.05, 0.1) is 6.04 Å². The van der Waals surface area contributed by atoms with Crippen LogP contribution in [0.3, 0.4) is 0 Å². The topological polar surface area (TPSA) is 54.2 Å². The van der Waals surface area contributed by atoms with Crippen LogP contribution < -0.4 is 5.32 Å². The first-order valence-electron chi connectivity index (χ1n) is 8.26. The molecule has 1 aliphatic heterocycles. The van der Waals surface area contributed by atoms with Gasteiger partial charge < -0.3 is 9.84 Å². The van der Waals surface area contributed by atoms with Gasteiger partial charge in [-0.3, -0.25) is 4.90 Å². The minimum absolute atomic E-state index is 0. The van der Waals surface area contributed by atoms with E-state index in [4.69, 9.17) is 4.52 Å². The quantitative estimate of drug-likeness (QED) is 0.918. The molecule has 1 fully saturated rings. The predicted molar refractivity (Wildman–Crippen MR) is 97.7 cm³/mol. The van der Waals surface area contributed by atoms with Crippen LogP contribution in [0.4, 0.5) is 0 Å². The molecule has 1 aromatic heterocycles. The summed E-state index contributed by atoms with van der Waals surface area (Å²) in [6, 6.07) is 8.87. The predicted octanol–water partition coefficient (Wildman–Crippen LogP) is 2.90. The van der Waals surface area contributed by atoms with E-state index in [9.17, 15) is 0 Å². The molecule has 1 saturated heterocycles. The van der Waals surface area contributed by atoms with E-state index in [1.165, 1.54) is 11.1 Å². The lowest BCUT2D eigenvalue weighted by atomic mass is 9.81. The van der Waals surface area contributed by atoms with E-state index in [-0.39, 0.29) is 23.9 Å². The molecule has 132 valence electrons. The molecule has 1 aliphatic rings. The highest BCUT2D eigenvalue weighted by Gasteiger charge is 2.28. The minimum Gasteiger partial charge on any atom is -0.339 e. The Kier molecular flexibility index (Phi) is 6.01. The number of hydrogen-bond acceptors (Lipinski definition) is 5. The van der Waals surface area contributed by atoms with Gasteiger partial charge in [-0.2, -0.15) is 4.98 Å². The molecule has 24 heavy (non-hydrogen) atoms. The molecule has 0 saturated carbocycles. The van der Waals surface area contributed by atoms with Crippen molar-refractivity contribution in [3.8, 4) is 0 Å². The Labute approximate surface area is 150 Å². The van der Waals surface area contributed by atoms with Crippen LogP contribution in [-0.2, 0) is 11.8 Å². The summed E-state index contributed by atoms with van der Waals surface area (Å²) in [4.78, 5) is 6.93. The second-order valence-electron chi connectivity index (χ2n) is 7.17. The van der Waals surface area contributed by atoms with E-state index in [2.05, 4.69) is 72.4 Å². The van der Waals surface area contributed by atoms with Crippen molar-refractivity contribution in [1.82, 2.24) is 20.4 Å². The van der Waals surface area contributed by atoms with Gasteiger partial charge >= 0.3 is 0 Å². The second kappa shape index (κ2) is 7.64. The molecule has 6 heteroatoms. The molecule has 2 aromatic rings. The molecule has 0 aliphatic carbocycles. The standard InChI is InChI=1S/C18H26N4O.ClH/c1-13-5-7-14(8-6-13)18(2,3)11-16-20-17(21-23-16)15-12-19-9-10-22(15)4;/h5-8,15,19H,9-12H2,1-4H3;1H. The lowest BCUT2D eigenvalue weighted by molar-refractivity contribution is 0.190. The summed E-state index contributed by atoms with van der Waals surface area (Å²) >= 11 is 0. The number of likely N-dealkylation sites (N-methyl/N-ethyl adjacent to an activating group) is 1. The van der Waals surface area contributed by atoms with Crippen molar-refractivity contribution in [3.63, 3.8) is 0 Å². The summed E-state index contributed by atoms with van der Waals surface area (Å²) in [6.07, 6.45) is 0.743. The molecule has 0 radical (unpaired) electrons. The maximum atomic E-state index is 5.53. The summed E-state index contributed by atoms with van der Waals surface area (Å²) in [7, 11) is 2.11. The highest BCUT2D eigenvalue weighted by atomic mass is 35.5. The van der Waals surface area contributed by atoms with Crippen LogP contribution in [0.5, 0.6) is 0 Å². The fourth-order valence-corrected chi connectivity index (χ4v) is 3.05. The second-order valence-corrected chi connectivity index (χ2v) is 7.17. The number of aromatic nitrogens is 2. The third-order valence-electron chi connectivity index (χ3n) is 4.72. The van der Waals surface area contributed by atoms with Gasteiger partial charge in [-0.05, 0) is 24.9 Å². The summed E-state index contributed by atoms with van der Waals surface area (Å²) in [6.45, 7) is 9.43. The monoisotopic (exact) mass is 350 g/mol. The van der Waals surface area contributed by atoms with Crippen LogP contribution in [-0.4, -0.2) is 41.7 Å². The first-order valence-corrected chi connectivity index (χ1v) is 8.26. The van der Waals surface area contributed by atoms with Crippen LogP contribution >= 0.6 is 12.4 Å². The minimum atomic E-state index is -0.0335. The number of nitrogens with one attached hydrogen (secondary N) is 1. The highest BCUT2D eigenvalue weighted by molar-refractivity contribution is 5.85. The number of rotatable bonds is 4. The van der Waals surface area contributed by atoms with Gasteiger partial charge in [0.1, 0.15) is 0 Å². The van der Waals surface area contributed by atoms with Gasteiger partial charge in [0, 0.05) is 26.1 Å². The summed E-state index contributed by atoms with van der Waals surface area (Å²) in [5, 5.41) is 7.60. The zero-order chi connectivity index (χ0) is 16.4. The lowest BCUT2D eigenvalue weighted by Gasteiger charge is -2.30. The third kappa shape index (κ3) is 4.15. The van der Waals surface area contributed by atoms with Crippen molar-refractivity contribution in [1.29, 1.82) is 0 Å². The van der Waals surface area contributed by atoms with Crippen LogP contribution in [0.15, 0.2) is 28.8 Å². The average molecular weight is 351 g/mol. The Morgan fingerprint density at radius 2 is 2.00 bits per heavy atom. The summed E-state index contributed by atoms with van der Waals surface area (Å²) in [5.74, 6) is 1.50. The van der Waals surface area contributed by atoms with E-state index in [1.54, 1.807) is 0 Å². The van der Waals surface area contributed by atoms with Crippen LogP contribution in [0, 0.1) is 6.92 Å². The van der Waals surface area contributed by atoms with E-state index >= 15 is 0 Å². The Hall–Kier alpha value is -1.43. The van der Waals surface area contributed by atoms with Gasteiger partial charge in [-0.15, -0.1) is 12.4 Å². The van der Waals surface area contributed by atoms with Crippen molar-refractivity contribution in [2.45, 2.75) is 38.6 Å². The average Bonchev–Trinajstić information content (AvgIpc) is 2.95. The number of aryl methyl sites for hydroxylation is 1. The number of halogens is 1. The van der Waals surface area contributed by atoms with E-state index in [0.717, 1.165) is 31.9 Å². The van der Waals surface area contributed by atoms with Crippen molar-refractivity contribution in [2.24, 2.45) is 0 Å². The maximum absolute atomic E-state index is 5.53. The molecule has 0 amide bonds. The zero-order valence-corrected chi connectivity index (χ0v) is 15.7. The molecule has 3 rings (SSSR count). The molecule has 1 unspecified atom stereocenters. The lowest BCUT2D eigenvalue weighted by Crippen LogP contribution is -2.44. The molecule has 1 N–H and O–H groups in total. The van der Waals surface area contributed by atoms with Gasteiger partial charge in [-0.1, -0.05) is 48.8 Å². The van der Waals surface area contributed by atoms with Gasteiger partial charge in [0.25, 0.3) is 0 Å². The van der Waals surface area contributed by atoms with Crippen molar-refractivity contribution in [3.05, 3.63) is 47.1 Å². The number of hydrogen-bond donors (Lipinski definition) is 1. The smallest absolute Gasteiger partial charge is 0.227 e. The third-order valence-corrected chi connectivity index (χ3v) is 4.72. The van der Waals surface area contributed by atoms with Crippen molar-refractivity contribution < 1.29 is 4.52 Å². The number of piperazine rings is 1. The van der Waals surface area contributed by atoms with Gasteiger partial charge in [0.15, 0.2) is 5.82 Å².